The fourth-order valence-electron chi connectivity index (χ4n) is 1.94. The number of ether oxygens (including phenoxy) is 2. The van der Waals surface area contributed by atoms with Crippen LogP contribution in [0, 0.1) is 0 Å². The Labute approximate surface area is 124 Å². The summed E-state index contributed by atoms with van der Waals surface area (Å²) in [4.78, 5) is 25.2. The van der Waals surface area contributed by atoms with Crippen LogP contribution in [0.25, 0.3) is 0 Å². The van der Waals surface area contributed by atoms with Crippen molar-refractivity contribution in [2.45, 2.75) is 6.92 Å². The quantitative estimate of drug-likeness (QED) is 0.475. The first-order chi connectivity index (χ1) is 10.1. The predicted molar refractivity (Wildman–Crippen MR) is 75.6 cm³/mol. The molecule has 8 nitrogen and oxygen atoms in total. The summed E-state index contributed by atoms with van der Waals surface area (Å²) in [5.74, 6) is -0.448. The molecule has 0 saturated carbocycles. The van der Waals surface area contributed by atoms with E-state index in [-0.39, 0.29) is 25.8 Å². The number of hydrogen-bond donors (Lipinski definition) is 3. The molecule has 0 aromatic rings. The van der Waals surface area contributed by atoms with Gasteiger partial charge in [0, 0.05) is 32.4 Å². The second-order valence-electron chi connectivity index (χ2n) is 4.48. The number of carbonyl (C=O) groups is 2. The minimum atomic E-state index is -0.448. The van der Waals surface area contributed by atoms with Gasteiger partial charge in [0.1, 0.15) is 0 Å². The van der Waals surface area contributed by atoms with Crippen LogP contribution in [-0.4, -0.2) is 75.1 Å². The number of methoxy groups -OCH3 is 1. The molecule has 1 aliphatic heterocycles. The van der Waals surface area contributed by atoms with E-state index in [0.29, 0.717) is 37.5 Å². The van der Waals surface area contributed by atoms with Gasteiger partial charge >= 0.3 is 12.0 Å². The van der Waals surface area contributed by atoms with Crippen LogP contribution in [0.3, 0.4) is 0 Å². The molecular formula is C13H23N3O5. The Morgan fingerprint density at radius 2 is 2.19 bits per heavy atom. The van der Waals surface area contributed by atoms with E-state index in [4.69, 9.17) is 14.6 Å². The smallest absolute Gasteiger partial charge is 0.337 e. The lowest BCUT2D eigenvalue weighted by Gasteiger charge is -2.27. The van der Waals surface area contributed by atoms with E-state index < -0.39 is 5.97 Å². The summed E-state index contributed by atoms with van der Waals surface area (Å²) in [7, 11) is 1.59. The van der Waals surface area contributed by atoms with E-state index in [1.54, 1.807) is 14.0 Å². The lowest BCUT2D eigenvalue weighted by Crippen LogP contribution is -2.47. The van der Waals surface area contributed by atoms with Gasteiger partial charge in [-0.15, -0.1) is 0 Å². The van der Waals surface area contributed by atoms with Gasteiger partial charge in [-0.05, 0) is 6.92 Å². The largest absolute Gasteiger partial charge is 0.463 e. The van der Waals surface area contributed by atoms with Crippen molar-refractivity contribution in [2.24, 2.45) is 0 Å². The Morgan fingerprint density at radius 3 is 2.81 bits per heavy atom. The second-order valence-corrected chi connectivity index (χ2v) is 4.48. The maximum atomic E-state index is 11.9. The number of aliphatic hydroxyl groups excluding tert-OH is 1. The molecule has 0 aromatic heterocycles. The average Bonchev–Trinajstić information content (AvgIpc) is 2.45. The van der Waals surface area contributed by atoms with Crippen LogP contribution in [0.2, 0.25) is 0 Å². The van der Waals surface area contributed by atoms with Gasteiger partial charge in [0.05, 0.1) is 31.9 Å². The molecule has 0 aliphatic carbocycles. The number of carbonyl (C=O) groups excluding carboxylic acids is 2. The number of rotatable bonds is 9. The van der Waals surface area contributed by atoms with Gasteiger partial charge < -0.3 is 25.2 Å². The lowest BCUT2D eigenvalue weighted by atomic mass is 10.1. The molecule has 8 heteroatoms. The van der Waals surface area contributed by atoms with Gasteiger partial charge in [-0.3, -0.25) is 4.90 Å². The first-order valence-corrected chi connectivity index (χ1v) is 6.88. The normalized spacial score (nSPS) is 15.0. The Hall–Kier alpha value is -1.64. The monoisotopic (exact) mass is 301 g/mol. The highest BCUT2D eigenvalue weighted by Crippen LogP contribution is 2.10. The molecule has 3 N–H and O–H groups in total. The van der Waals surface area contributed by atoms with Gasteiger partial charge in [0.15, 0.2) is 0 Å². The molecule has 0 unspecified atom stereocenters. The van der Waals surface area contributed by atoms with Crippen molar-refractivity contribution < 1.29 is 24.2 Å². The molecule has 120 valence electrons. The number of hydrogen-bond acceptors (Lipinski definition) is 6. The highest BCUT2D eigenvalue weighted by molar-refractivity contribution is 5.93. The Bertz CT molecular complexity index is 397. The first kappa shape index (κ1) is 17.4. The Morgan fingerprint density at radius 1 is 1.43 bits per heavy atom. The Balaban J connectivity index is 2.83. The number of esters is 1. The highest BCUT2D eigenvalue weighted by Gasteiger charge is 2.24. The zero-order valence-electron chi connectivity index (χ0n) is 12.5. The summed E-state index contributed by atoms with van der Waals surface area (Å²) < 4.78 is 10.00. The highest BCUT2D eigenvalue weighted by atomic mass is 16.5. The molecule has 0 saturated heterocycles. The molecule has 0 atom stereocenters. The zero-order valence-corrected chi connectivity index (χ0v) is 12.5. The first-order valence-electron chi connectivity index (χ1n) is 6.88. The molecule has 0 fully saturated rings. The summed E-state index contributed by atoms with van der Waals surface area (Å²) in [6.45, 7) is 3.96. The van der Waals surface area contributed by atoms with Crippen molar-refractivity contribution in [3.63, 3.8) is 0 Å². The van der Waals surface area contributed by atoms with Crippen LogP contribution >= 0.6 is 0 Å². The van der Waals surface area contributed by atoms with Gasteiger partial charge in [0.25, 0.3) is 0 Å². The van der Waals surface area contributed by atoms with Gasteiger partial charge in [-0.25, -0.2) is 9.59 Å². The van der Waals surface area contributed by atoms with Crippen molar-refractivity contribution in [1.82, 2.24) is 15.5 Å². The van der Waals surface area contributed by atoms with Crippen LogP contribution < -0.4 is 10.6 Å². The summed E-state index contributed by atoms with van der Waals surface area (Å²) in [5.41, 5.74) is 0.901. The molecule has 1 aliphatic rings. The van der Waals surface area contributed by atoms with Crippen molar-refractivity contribution in [1.29, 1.82) is 0 Å². The number of aliphatic hydroxyl groups is 1. The summed E-state index contributed by atoms with van der Waals surface area (Å²) in [6.07, 6.45) is 0. The third-order valence-electron chi connectivity index (χ3n) is 2.99. The SMILES string of the molecule is CCOC(=O)C1=C(CN(CCO)CCOC)NC(=O)NC1. The van der Waals surface area contributed by atoms with Gasteiger partial charge in [-0.2, -0.15) is 0 Å². The predicted octanol–water partition coefficient (Wildman–Crippen LogP) is -0.943. The molecule has 0 radical (unpaired) electrons. The van der Waals surface area contributed by atoms with E-state index >= 15 is 0 Å². The number of urea groups is 1. The molecule has 1 rings (SSSR count). The Kier molecular flexibility index (Phi) is 7.73. The fraction of sp³-hybridized carbons (Fsp3) is 0.692. The van der Waals surface area contributed by atoms with E-state index in [1.165, 1.54) is 0 Å². The number of nitrogens with zero attached hydrogens (tertiary/aromatic N) is 1. The van der Waals surface area contributed by atoms with Crippen LogP contribution in [-0.2, 0) is 14.3 Å². The standard InChI is InChI=1S/C13H23N3O5/c1-3-21-12(18)10-8-14-13(19)15-11(10)9-16(4-6-17)5-7-20-2/h17H,3-9H2,1-2H3,(H2,14,15,19). The van der Waals surface area contributed by atoms with Gasteiger partial charge in [0.2, 0.25) is 0 Å². The van der Waals surface area contributed by atoms with Crippen molar-refractivity contribution >= 4 is 12.0 Å². The van der Waals surface area contributed by atoms with Crippen molar-refractivity contribution in [2.75, 3.05) is 53.1 Å². The number of nitrogens with one attached hydrogen (secondary N) is 2. The van der Waals surface area contributed by atoms with E-state index in [1.807, 2.05) is 4.90 Å². The molecule has 0 bridgehead atoms. The third kappa shape index (κ3) is 5.70. The molecule has 21 heavy (non-hydrogen) atoms. The van der Waals surface area contributed by atoms with E-state index in [9.17, 15) is 9.59 Å². The lowest BCUT2D eigenvalue weighted by molar-refractivity contribution is -0.138. The van der Waals surface area contributed by atoms with Crippen LogP contribution in [0.4, 0.5) is 4.79 Å². The molecule has 0 spiro atoms. The van der Waals surface area contributed by atoms with E-state index in [2.05, 4.69) is 10.6 Å². The summed E-state index contributed by atoms with van der Waals surface area (Å²) in [5, 5.41) is 14.3. The molecule has 0 aromatic carbocycles. The van der Waals surface area contributed by atoms with E-state index in [0.717, 1.165) is 0 Å². The molecule has 2 amide bonds. The van der Waals surface area contributed by atoms with Crippen LogP contribution in [0.15, 0.2) is 11.3 Å². The van der Waals surface area contributed by atoms with Crippen molar-refractivity contribution in [3.05, 3.63) is 11.3 Å². The zero-order chi connectivity index (χ0) is 15.7. The average molecular weight is 301 g/mol. The molecular weight excluding hydrogens is 278 g/mol. The van der Waals surface area contributed by atoms with Crippen LogP contribution in [0.1, 0.15) is 6.92 Å². The second kappa shape index (κ2) is 9.32. The van der Waals surface area contributed by atoms with Crippen molar-refractivity contribution in [3.8, 4) is 0 Å². The number of amides is 2. The maximum absolute atomic E-state index is 11.9. The third-order valence-corrected chi connectivity index (χ3v) is 2.99. The maximum Gasteiger partial charge on any atom is 0.337 e. The summed E-state index contributed by atoms with van der Waals surface area (Å²) in [6, 6.07) is -0.353. The van der Waals surface area contributed by atoms with Gasteiger partial charge in [-0.1, -0.05) is 0 Å². The fourth-order valence-corrected chi connectivity index (χ4v) is 1.94. The van der Waals surface area contributed by atoms with Crippen LogP contribution in [0.5, 0.6) is 0 Å². The topological polar surface area (TPSA) is 100 Å². The minimum Gasteiger partial charge on any atom is -0.463 e. The minimum absolute atomic E-state index is 0.0159. The molecule has 1 heterocycles. The summed E-state index contributed by atoms with van der Waals surface area (Å²) >= 11 is 0.